The zero-order valence-corrected chi connectivity index (χ0v) is 8.70. The minimum Gasteiger partial charge on any atom is -0.393 e. The highest BCUT2D eigenvalue weighted by Gasteiger charge is 2.08. The van der Waals surface area contributed by atoms with E-state index in [2.05, 4.69) is 19.9 Å². The van der Waals surface area contributed by atoms with Gasteiger partial charge in [0.2, 0.25) is 0 Å². The quantitative estimate of drug-likeness (QED) is 0.549. The van der Waals surface area contributed by atoms with Gasteiger partial charge in [0.25, 0.3) is 5.56 Å². The first-order valence-electron chi connectivity index (χ1n) is 4.95. The Bertz CT molecular complexity index is 607. The molecule has 16 heavy (non-hydrogen) atoms. The van der Waals surface area contributed by atoms with Crippen LogP contribution in [0.4, 0.5) is 0 Å². The normalized spacial score (nSPS) is 13.1. The van der Waals surface area contributed by atoms with E-state index in [-0.39, 0.29) is 11.2 Å². The van der Waals surface area contributed by atoms with Crippen molar-refractivity contribution in [1.82, 2.24) is 19.9 Å². The number of fused-ring (bicyclic) bond motifs is 1. The maximum absolute atomic E-state index is 11.4. The Morgan fingerprint density at radius 3 is 2.75 bits per heavy atom. The molecule has 4 N–H and O–H groups in total. The van der Waals surface area contributed by atoms with Crippen molar-refractivity contribution >= 4 is 11.2 Å². The summed E-state index contributed by atoms with van der Waals surface area (Å²) in [5.41, 5.74) is -0.574. The van der Waals surface area contributed by atoms with Crippen molar-refractivity contribution in [2.75, 3.05) is 0 Å². The summed E-state index contributed by atoms with van der Waals surface area (Å²) in [6.45, 7) is 1.68. The number of aromatic nitrogens is 4. The topological polar surface area (TPSA) is 115 Å². The molecule has 7 nitrogen and oxygen atoms in total. The van der Waals surface area contributed by atoms with Gasteiger partial charge < -0.3 is 10.1 Å². The molecule has 0 aromatic carbocycles. The van der Waals surface area contributed by atoms with Gasteiger partial charge in [-0.1, -0.05) is 0 Å². The standard InChI is InChI=1S/C9H12N4O3/c1-4(14)2-3-5-10-6-7(11-5)12-9(16)13-8(6)15/h4,14H,2-3H2,1H3,(H3,10,11,12,13,15,16). The largest absolute Gasteiger partial charge is 0.393 e. The summed E-state index contributed by atoms with van der Waals surface area (Å²) in [6, 6.07) is 0. The second kappa shape index (κ2) is 3.93. The first-order valence-corrected chi connectivity index (χ1v) is 4.95. The van der Waals surface area contributed by atoms with Gasteiger partial charge in [-0.05, 0) is 13.3 Å². The molecule has 2 heterocycles. The molecule has 2 rings (SSSR count). The molecule has 0 amide bonds. The molecule has 0 aliphatic carbocycles. The molecule has 0 saturated heterocycles. The SMILES string of the molecule is CC(O)CCc1nc2[nH]c(=O)[nH]c(=O)c2[nH]1. The molecular formula is C9H12N4O3. The number of aryl methyl sites for hydroxylation is 1. The van der Waals surface area contributed by atoms with E-state index in [0.717, 1.165) is 0 Å². The van der Waals surface area contributed by atoms with E-state index in [4.69, 9.17) is 5.11 Å². The van der Waals surface area contributed by atoms with Crippen LogP contribution in [0.25, 0.3) is 11.2 Å². The molecular weight excluding hydrogens is 212 g/mol. The number of aromatic amines is 3. The molecule has 0 fully saturated rings. The average Bonchev–Trinajstić information content (AvgIpc) is 2.57. The molecule has 2 aromatic heterocycles. The lowest BCUT2D eigenvalue weighted by atomic mass is 10.2. The molecule has 1 atom stereocenters. The van der Waals surface area contributed by atoms with Crippen LogP contribution >= 0.6 is 0 Å². The number of nitrogens with zero attached hydrogens (tertiary/aromatic N) is 1. The monoisotopic (exact) mass is 224 g/mol. The third-order valence-electron chi connectivity index (χ3n) is 2.24. The van der Waals surface area contributed by atoms with Crippen LogP contribution in [0.1, 0.15) is 19.2 Å². The predicted molar refractivity (Wildman–Crippen MR) is 57.3 cm³/mol. The summed E-state index contributed by atoms with van der Waals surface area (Å²) < 4.78 is 0. The minimum absolute atomic E-state index is 0.245. The van der Waals surface area contributed by atoms with Crippen molar-refractivity contribution in [1.29, 1.82) is 0 Å². The van der Waals surface area contributed by atoms with Gasteiger partial charge in [0.05, 0.1) is 6.10 Å². The average molecular weight is 224 g/mol. The Morgan fingerprint density at radius 2 is 2.06 bits per heavy atom. The molecule has 1 unspecified atom stereocenters. The lowest BCUT2D eigenvalue weighted by Crippen LogP contribution is -2.21. The highest BCUT2D eigenvalue weighted by atomic mass is 16.3. The summed E-state index contributed by atoms with van der Waals surface area (Å²) >= 11 is 0. The molecule has 0 aliphatic rings. The summed E-state index contributed by atoms with van der Waals surface area (Å²) in [5, 5.41) is 9.12. The van der Waals surface area contributed by atoms with Crippen LogP contribution in [0.3, 0.4) is 0 Å². The first kappa shape index (κ1) is 10.6. The number of nitrogens with one attached hydrogen (secondary N) is 3. The minimum atomic E-state index is -0.578. The van der Waals surface area contributed by atoms with E-state index in [1.165, 1.54) is 0 Å². The lowest BCUT2D eigenvalue weighted by Gasteiger charge is -1.99. The Labute approximate surface area is 89.6 Å². The summed E-state index contributed by atoms with van der Waals surface area (Å²) in [5.74, 6) is 0.572. The van der Waals surface area contributed by atoms with E-state index in [1.54, 1.807) is 6.92 Å². The fourth-order valence-electron chi connectivity index (χ4n) is 1.45. The van der Waals surface area contributed by atoms with Gasteiger partial charge in [0.1, 0.15) is 11.3 Å². The molecule has 7 heteroatoms. The van der Waals surface area contributed by atoms with Crippen molar-refractivity contribution in [3.63, 3.8) is 0 Å². The van der Waals surface area contributed by atoms with E-state index < -0.39 is 17.4 Å². The van der Waals surface area contributed by atoms with E-state index in [9.17, 15) is 9.59 Å². The van der Waals surface area contributed by atoms with Crippen LogP contribution < -0.4 is 11.2 Å². The fourth-order valence-corrected chi connectivity index (χ4v) is 1.45. The maximum Gasteiger partial charge on any atom is 0.327 e. The fraction of sp³-hybridized carbons (Fsp3) is 0.444. The van der Waals surface area contributed by atoms with Gasteiger partial charge >= 0.3 is 5.69 Å². The van der Waals surface area contributed by atoms with Crippen molar-refractivity contribution in [2.24, 2.45) is 0 Å². The van der Waals surface area contributed by atoms with Gasteiger partial charge in [-0.15, -0.1) is 0 Å². The van der Waals surface area contributed by atoms with E-state index in [1.807, 2.05) is 0 Å². The Morgan fingerprint density at radius 1 is 1.31 bits per heavy atom. The van der Waals surface area contributed by atoms with Gasteiger partial charge in [0.15, 0.2) is 5.65 Å². The van der Waals surface area contributed by atoms with Crippen LogP contribution in [0.15, 0.2) is 9.59 Å². The molecule has 0 saturated carbocycles. The van der Waals surface area contributed by atoms with Crippen LogP contribution in [-0.2, 0) is 6.42 Å². The second-order valence-electron chi connectivity index (χ2n) is 3.70. The zero-order chi connectivity index (χ0) is 11.7. The van der Waals surface area contributed by atoms with Crippen LogP contribution in [0, 0.1) is 0 Å². The molecule has 2 aromatic rings. The molecule has 0 spiro atoms. The summed E-state index contributed by atoms with van der Waals surface area (Å²) in [6.07, 6.45) is 0.640. The zero-order valence-electron chi connectivity index (χ0n) is 8.70. The van der Waals surface area contributed by atoms with Crippen molar-refractivity contribution in [2.45, 2.75) is 25.9 Å². The lowest BCUT2D eigenvalue weighted by molar-refractivity contribution is 0.184. The predicted octanol–water partition coefficient (Wildman–Crippen LogP) is -0.747. The molecule has 86 valence electrons. The van der Waals surface area contributed by atoms with Crippen molar-refractivity contribution < 1.29 is 5.11 Å². The number of hydrogen-bond acceptors (Lipinski definition) is 4. The van der Waals surface area contributed by atoms with Crippen LogP contribution in [0.5, 0.6) is 0 Å². The smallest absolute Gasteiger partial charge is 0.327 e. The van der Waals surface area contributed by atoms with Gasteiger partial charge in [-0.3, -0.25) is 14.8 Å². The maximum atomic E-state index is 11.4. The third kappa shape index (κ3) is 2.03. The van der Waals surface area contributed by atoms with Gasteiger partial charge in [-0.2, -0.15) is 0 Å². The number of rotatable bonds is 3. The third-order valence-corrected chi connectivity index (χ3v) is 2.24. The highest BCUT2D eigenvalue weighted by molar-refractivity contribution is 5.68. The number of hydrogen-bond donors (Lipinski definition) is 4. The Hall–Kier alpha value is -1.89. The van der Waals surface area contributed by atoms with Gasteiger partial charge in [-0.25, -0.2) is 9.78 Å². The molecule has 0 bridgehead atoms. The second-order valence-corrected chi connectivity index (χ2v) is 3.70. The Kier molecular flexibility index (Phi) is 2.61. The van der Waals surface area contributed by atoms with E-state index in [0.29, 0.717) is 18.7 Å². The Balaban J connectivity index is 2.40. The molecule has 0 radical (unpaired) electrons. The van der Waals surface area contributed by atoms with Crippen molar-refractivity contribution in [3.05, 3.63) is 26.7 Å². The van der Waals surface area contributed by atoms with Crippen molar-refractivity contribution in [3.8, 4) is 0 Å². The number of aliphatic hydroxyl groups is 1. The number of H-pyrrole nitrogens is 3. The van der Waals surface area contributed by atoms with Gasteiger partial charge in [0, 0.05) is 6.42 Å². The number of imidazole rings is 1. The summed E-state index contributed by atoms with van der Waals surface area (Å²) in [4.78, 5) is 33.7. The van der Waals surface area contributed by atoms with Crippen LogP contribution in [-0.4, -0.2) is 31.1 Å². The first-order chi connectivity index (χ1) is 7.56. The highest BCUT2D eigenvalue weighted by Crippen LogP contribution is 2.05. The van der Waals surface area contributed by atoms with E-state index >= 15 is 0 Å². The number of aliphatic hydroxyl groups excluding tert-OH is 1. The molecule has 0 aliphatic heterocycles. The van der Waals surface area contributed by atoms with Crippen LogP contribution in [0.2, 0.25) is 0 Å². The summed E-state index contributed by atoms with van der Waals surface area (Å²) in [7, 11) is 0.